The molecular formula is C17H25N3O3. The van der Waals surface area contributed by atoms with Gasteiger partial charge in [0.25, 0.3) is 0 Å². The van der Waals surface area contributed by atoms with E-state index < -0.39 is 0 Å². The van der Waals surface area contributed by atoms with Crippen molar-refractivity contribution in [3.05, 3.63) is 24.3 Å². The first-order valence-electron chi connectivity index (χ1n) is 7.98. The van der Waals surface area contributed by atoms with Gasteiger partial charge in [-0.25, -0.2) is 4.79 Å². The fraction of sp³-hybridized carbons (Fsp3) is 0.529. The third-order valence-electron chi connectivity index (χ3n) is 3.83. The second-order valence-electron chi connectivity index (χ2n) is 6.19. The first-order valence-corrected chi connectivity index (χ1v) is 7.98. The number of hydrogen-bond donors (Lipinski definition) is 2. The van der Waals surface area contributed by atoms with Crippen LogP contribution in [0.15, 0.2) is 24.3 Å². The zero-order chi connectivity index (χ0) is 16.8. The van der Waals surface area contributed by atoms with E-state index in [0.717, 1.165) is 12.1 Å². The van der Waals surface area contributed by atoms with Gasteiger partial charge in [0, 0.05) is 31.3 Å². The van der Waals surface area contributed by atoms with Crippen LogP contribution in [-0.2, 0) is 4.79 Å². The molecule has 23 heavy (non-hydrogen) atoms. The molecule has 0 aliphatic carbocycles. The third kappa shape index (κ3) is 4.87. The minimum atomic E-state index is -0.212. The van der Waals surface area contributed by atoms with Crippen molar-refractivity contribution >= 4 is 17.6 Å². The quantitative estimate of drug-likeness (QED) is 0.844. The molecule has 1 fully saturated rings. The van der Waals surface area contributed by atoms with E-state index in [1.54, 1.807) is 12.0 Å². The number of carbonyl (C=O) groups is 2. The van der Waals surface area contributed by atoms with Crippen molar-refractivity contribution < 1.29 is 14.3 Å². The highest BCUT2D eigenvalue weighted by molar-refractivity contribution is 5.97. The lowest BCUT2D eigenvalue weighted by atomic mass is 10.1. The molecule has 0 bridgehead atoms. The number of amides is 3. The summed E-state index contributed by atoms with van der Waals surface area (Å²) in [6.45, 7) is 5.34. The number of hydrogen-bond acceptors (Lipinski definition) is 3. The van der Waals surface area contributed by atoms with Crippen molar-refractivity contribution in [1.82, 2.24) is 10.6 Å². The fourth-order valence-electron chi connectivity index (χ4n) is 2.54. The number of ether oxygens (including phenoxy) is 1. The van der Waals surface area contributed by atoms with E-state index in [1.165, 1.54) is 0 Å². The topological polar surface area (TPSA) is 70.7 Å². The largest absolute Gasteiger partial charge is 0.497 e. The zero-order valence-electron chi connectivity index (χ0n) is 14.0. The Morgan fingerprint density at radius 2 is 2.22 bits per heavy atom. The second kappa shape index (κ2) is 7.85. The van der Waals surface area contributed by atoms with Gasteiger partial charge >= 0.3 is 6.03 Å². The molecule has 1 aliphatic rings. The molecule has 2 rings (SSSR count). The van der Waals surface area contributed by atoms with Crippen LogP contribution in [0.1, 0.15) is 26.7 Å². The van der Waals surface area contributed by atoms with Gasteiger partial charge in [0.1, 0.15) is 5.75 Å². The highest BCUT2D eigenvalue weighted by Gasteiger charge is 2.31. The number of carbonyl (C=O) groups excluding carboxylic acids is 2. The molecule has 0 unspecified atom stereocenters. The molecule has 3 amide bonds. The van der Waals surface area contributed by atoms with Crippen LogP contribution >= 0.6 is 0 Å². The number of nitrogens with zero attached hydrogens (tertiary/aromatic N) is 1. The predicted octanol–water partition coefficient (Wildman–Crippen LogP) is 2.15. The van der Waals surface area contributed by atoms with Crippen LogP contribution in [0.4, 0.5) is 10.5 Å². The maximum Gasteiger partial charge on any atom is 0.315 e. The standard InChI is InChI=1S/C17H25N3O3/c1-12(2)7-8-18-17(22)19-13-9-16(21)20(11-13)14-5-4-6-15(10-14)23-3/h4-6,10,12-13H,7-9,11H2,1-3H3,(H2,18,19,22)/t13-/m0/s1. The molecule has 1 aromatic carbocycles. The Morgan fingerprint density at radius 3 is 2.91 bits per heavy atom. The summed E-state index contributed by atoms with van der Waals surface area (Å²) in [6, 6.07) is 6.99. The summed E-state index contributed by atoms with van der Waals surface area (Å²) in [4.78, 5) is 25.7. The molecule has 1 heterocycles. The van der Waals surface area contributed by atoms with Crippen molar-refractivity contribution in [2.75, 3.05) is 25.1 Å². The molecule has 0 saturated carbocycles. The van der Waals surface area contributed by atoms with Crippen molar-refractivity contribution in [1.29, 1.82) is 0 Å². The Kier molecular flexibility index (Phi) is 5.84. The van der Waals surface area contributed by atoms with E-state index in [1.807, 2.05) is 24.3 Å². The molecule has 6 heteroatoms. The number of urea groups is 1. The number of nitrogens with one attached hydrogen (secondary N) is 2. The Bertz CT molecular complexity index is 560. The summed E-state index contributed by atoms with van der Waals surface area (Å²) in [7, 11) is 1.59. The third-order valence-corrected chi connectivity index (χ3v) is 3.83. The van der Waals surface area contributed by atoms with Crippen LogP contribution in [0.5, 0.6) is 5.75 Å². The Morgan fingerprint density at radius 1 is 1.43 bits per heavy atom. The van der Waals surface area contributed by atoms with Crippen LogP contribution in [-0.4, -0.2) is 38.2 Å². The molecule has 0 aromatic heterocycles. The van der Waals surface area contributed by atoms with Crippen molar-refractivity contribution in [3.8, 4) is 5.75 Å². The van der Waals surface area contributed by atoms with Gasteiger partial charge in [-0.2, -0.15) is 0 Å². The van der Waals surface area contributed by atoms with E-state index in [2.05, 4.69) is 24.5 Å². The van der Waals surface area contributed by atoms with E-state index in [0.29, 0.717) is 31.2 Å². The summed E-state index contributed by atoms with van der Waals surface area (Å²) < 4.78 is 5.19. The van der Waals surface area contributed by atoms with Crippen molar-refractivity contribution in [2.45, 2.75) is 32.7 Å². The van der Waals surface area contributed by atoms with Gasteiger partial charge in [-0.1, -0.05) is 19.9 Å². The van der Waals surface area contributed by atoms with Crippen LogP contribution in [0.2, 0.25) is 0 Å². The van der Waals surface area contributed by atoms with E-state index in [9.17, 15) is 9.59 Å². The van der Waals surface area contributed by atoms with Crippen LogP contribution < -0.4 is 20.3 Å². The normalized spacial score (nSPS) is 17.5. The summed E-state index contributed by atoms with van der Waals surface area (Å²) in [5.41, 5.74) is 0.791. The van der Waals surface area contributed by atoms with Crippen LogP contribution in [0, 0.1) is 5.92 Å². The van der Waals surface area contributed by atoms with Gasteiger partial charge in [0.05, 0.1) is 13.2 Å². The van der Waals surface area contributed by atoms with Crippen LogP contribution in [0.25, 0.3) is 0 Å². The second-order valence-corrected chi connectivity index (χ2v) is 6.19. The van der Waals surface area contributed by atoms with Gasteiger partial charge in [0.2, 0.25) is 5.91 Å². The van der Waals surface area contributed by atoms with E-state index >= 15 is 0 Å². The minimum absolute atomic E-state index is 0.00531. The highest BCUT2D eigenvalue weighted by atomic mass is 16.5. The molecule has 1 aromatic rings. The summed E-state index contributed by atoms with van der Waals surface area (Å²) in [5, 5.41) is 5.70. The van der Waals surface area contributed by atoms with Gasteiger partial charge in [-0.05, 0) is 24.5 Å². The number of benzene rings is 1. The lowest BCUT2D eigenvalue weighted by Gasteiger charge is -2.18. The number of rotatable bonds is 6. The summed E-state index contributed by atoms with van der Waals surface area (Å²) >= 11 is 0. The van der Waals surface area contributed by atoms with Crippen molar-refractivity contribution in [2.24, 2.45) is 5.92 Å². The molecule has 1 aliphatic heterocycles. The molecule has 6 nitrogen and oxygen atoms in total. The highest BCUT2D eigenvalue weighted by Crippen LogP contribution is 2.25. The predicted molar refractivity (Wildman–Crippen MR) is 89.7 cm³/mol. The fourth-order valence-corrected chi connectivity index (χ4v) is 2.54. The van der Waals surface area contributed by atoms with Crippen LogP contribution in [0.3, 0.4) is 0 Å². The molecule has 1 saturated heterocycles. The first-order chi connectivity index (χ1) is 11.0. The maximum absolute atomic E-state index is 12.2. The summed E-state index contributed by atoms with van der Waals surface area (Å²) in [6.07, 6.45) is 1.25. The van der Waals surface area contributed by atoms with E-state index in [4.69, 9.17) is 4.74 Å². The number of anilines is 1. The molecular weight excluding hydrogens is 294 g/mol. The molecule has 1 atom stereocenters. The first kappa shape index (κ1) is 17.1. The van der Waals surface area contributed by atoms with Gasteiger partial charge in [0.15, 0.2) is 0 Å². The zero-order valence-corrected chi connectivity index (χ0v) is 14.0. The Labute approximate surface area is 137 Å². The minimum Gasteiger partial charge on any atom is -0.497 e. The average molecular weight is 319 g/mol. The maximum atomic E-state index is 12.2. The molecule has 126 valence electrons. The SMILES string of the molecule is COc1cccc(N2C[C@@H](NC(=O)NCCC(C)C)CC2=O)c1. The lowest BCUT2D eigenvalue weighted by Crippen LogP contribution is -2.43. The number of methoxy groups -OCH3 is 1. The van der Waals surface area contributed by atoms with E-state index in [-0.39, 0.29) is 18.0 Å². The van der Waals surface area contributed by atoms with Gasteiger partial charge in [-0.15, -0.1) is 0 Å². The molecule has 0 radical (unpaired) electrons. The monoisotopic (exact) mass is 319 g/mol. The van der Waals surface area contributed by atoms with Gasteiger partial charge < -0.3 is 20.3 Å². The Hall–Kier alpha value is -2.24. The lowest BCUT2D eigenvalue weighted by molar-refractivity contribution is -0.117. The molecule has 2 N–H and O–H groups in total. The van der Waals surface area contributed by atoms with Crippen molar-refractivity contribution in [3.63, 3.8) is 0 Å². The molecule has 0 spiro atoms. The van der Waals surface area contributed by atoms with Gasteiger partial charge in [-0.3, -0.25) is 4.79 Å². The average Bonchev–Trinajstić information content (AvgIpc) is 2.87. The Balaban J connectivity index is 1.88. The summed E-state index contributed by atoms with van der Waals surface area (Å²) in [5.74, 6) is 1.26. The smallest absolute Gasteiger partial charge is 0.315 e.